The van der Waals surface area contributed by atoms with Crippen LogP contribution in [0.1, 0.15) is 31.2 Å². The molecule has 0 amide bonds. The molecule has 1 aliphatic rings. The molecular weight excluding hydrogens is 242 g/mol. The molecule has 0 atom stereocenters. The number of rotatable bonds is 4. The lowest BCUT2D eigenvalue weighted by molar-refractivity contribution is -0.144. The SMILES string of the molecule is COC1CCC(Nc2cccc(C)c2)(C(=O)O)CC1. The first-order valence-electron chi connectivity index (χ1n) is 6.67. The van der Waals surface area contributed by atoms with Crippen LogP contribution in [0.15, 0.2) is 24.3 Å². The van der Waals surface area contributed by atoms with E-state index in [-0.39, 0.29) is 6.10 Å². The molecule has 0 heterocycles. The average molecular weight is 263 g/mol. The van der Waals surface area contributed by atoms with E-state index in [1.807, 2.05) is 31.2 Å². The summed E-state index contributed by atoms with van der Waals surface area (Å²) in [6, 6.07) is 7.83. The Hall–Kier alpha value is -1.55. The number of hydrogen-bond acceptors (Lipinski definition) is 3. The van der Waals surface area contributed by atoms with Gasteiger partial charge < -0.3 is 15.2 Å². The van der Waals surface area contributed by atoms with Gasteiger partial charge >= 0.3 is 5.97 Å². The average Bonchev–Trinajstić information content (AvgIpc) is 2.39. The van der Waals surface area contributed by atoms with E-state index in [1.165, 1.54) is 0 Å². The van der Waals surface area contributed by atoms with Crippen molar-refractivity contribution < 1.29 is 14.6 Å². The van der Waals surface area contributed by atoms with Crippen molar-refractivity contribution in [1.82, 2.24) is 0 Å². The largest absolute Gasteiger partial charge is 0.480 e. The first kappa shape index (κ1) is 13.9. The lowest BCUT2D eigenvalue weighted by Gasteiger charge is -2.37. The van der Waals surface area contributed by atoms with Gasteiger partial charge in [0.25, 0.3) is 0 Å². The third-order valence-electron chi connectivity index (χ3n) is 3.93. The van der Waals surface area contributed by atoms with Gasteiger partial charge in [-0.1, -0.05) is 12.1 Å². The van der Waals surface area contributed by atoms with Crippen molar-refractivity contribution >= 4 is 11.7 Å². The number of aryl methyl sites for hydroxylation is 1. The topological polar surface area (TPSA) is 58.6 Å². The zero-order valence-electron chi connectivity index (χ0n) is 11.5. The highest BCUT2D eigenvalue weighted by Gasteiger charge is 2.42. The van der Waals surface area contributed by atoms with Crippen LogP contribution in [-0.4, -0.2) is 29.8 Å². The molecule has 0 spiro atoms. The Morgan fingerprint density at radius 1 is 1.42 bits per heavy atom. The van der Waals surface area contributed by atoms with Crippen molar-refractivity contribution in [2.24, 2.45) is 0 Å². The molecule has 1 aromatic rings. The van der Waals surface area contributed by atoms with Gasteiger partial charge in [-0.05, 0) is 50.3 Å². The van der Waals surface area contributed by atoms with Crippen LogP contribution in [0.3, 0.4) is 0 Å². The molecular formula is C15H21NO3. The summed E-state index contributed by atoms with van der Waals surface area (Å²) >= 11 is 0. The molecule has 1 aromatic carbocycles. The normalized spacial score (nSPS) is 26.9. The monoisotopic (exact) mass is 263 g/mol. The van der Waals surface area contributed by atoms with E-state index >= 15 is 0 Å². The Labute approximate surface area is 113 Å². The minimum atomic E-state index is -0.858. The second-order valence-electron chi connectivity index (χ2n) is 5.32. The molecule has 4 nitrogen and oxygen atoms in total. The van der Waals surface area contributed by atoms with E-state index in [0.29, 0.717) is 12.8 Å². The van der Waals surface area contributed by atoms with Crippen LogP contribution in [0.25, 0.3) is 0 Å². The number of carboxylic acids is 1. The third-order valence-corrected chi connectivity index (χ3v) is 3.93. The van der Waals surface area contributed by atoms with Crippen LogP contribution >= 0.6 is 0 Å². The predicted molar refractivity (Wildman–Crippen MR) is 74.4 cm³/mol. The lowest BCUT2D eigenvalue weighted by atomic mass is 9.80. The quantitative estimate of drug-likeness (QED) is 0.877. The molecule has 0 aliphatic heterocycles. The molecule has 1 fully saturated rings. The van der Waals surface area contributed by atoms with Crippen LogP contribution in [0.4, 0.5) is 5.69 Å². The highest BCUT2D eigenvalue weighted by atomic mass is 16.5. The summed E-state index contributed by atoms with van der Waals surface area (Å²) in [5, 5.41) is 12.8. The Morgan fingerprint density at radius 3 is 2.63 bits per heavy atom. The van der Waals surface area contributed by atoms with E-state index in [4.69, 9.17) is 4.74 Å². The summed E-state index contributed by atoms with van der Waals surface area (Å²) in [5.74, 6) is -0.774. The predicted octanol–water partition coefficient (Wildman–Crippen LogP) is 2.82. The molecule has 0 radical (unpaired) electrons. The molecule has 2 N–H and O–H groups in total. The van der Waals surface area contributed by atoms with Crippen LogP contribution in [0, 0.1) is 6.92 Å². The summed E-state index contributed by atoms with van der Waals surface area (Å²) in [6.07, 6.45) is 2.93. The zero-order valence-corrected chi connectivity index (χ0v) is 11.5. The fraction of sp³-hybridized carbons (Fsp3) is 0.533. The molecule has 104 valence electrons. The number of hydrogen-bond donors (Lipinski definition) is 2. The maximum absolute atomic E-state index is 11.7. The Balaban J connectivity index is 2.15. The number of carboxylic acid groups (broad SMARTS) is 1. The molecule has 0 unspecified atom stereocenters. The molecule has 1 saturated carbocycles. The van der Waals surface area contributed by atoms with Gasteiger partial charge in [0.15, 0.2) is 0 Å². The molecule has 1 aliphatic carbocycles. The minimum Gasteiger partial charge on any atom is -0.480 e. The first-order valence-corrected chi connectivity index (χ1v) is 6.67. The fourth-order valence-electron chi connectivity index (χ4n) is 2.71. The number of benzene rings is 1. The maximum Gasteiger partial charge on any atom is 0.329 e. The number of anilines is 1. The van der Waals surface area contributed by atoms with Gasteiger partial charge in [-0.25, -0.2) is 4.79 Å². The Morgan fingerprint density at radius 2 is 2.11 bits per heavy atom. The number of aliphatic carboxylic acids is 1. The fourth-order valence-corrected chi connectivity index (χ4v) is 2.71. The first-order chi connectivity index (χ1) is 9.05. The molecule has 19 heavy (non-hydrogen) atoms. The smallest absolute Gasteiger partial charge is 0.329 e. The number of methoxy groups -OCH3 is 1. The van der Waals surface area contributed by atoms with Gasteiger partial charge in [-0.15, -0.1) is 0 Å². The molecule has 0 aromatic heterocycles. The summed E-state index contributed by atoms with van der Waals surface area (Å²) in [4.78, 5) is 11.7. The van der Waals surface area contributed by atoms with E-state index in [0.717, 1.165) is 24.1 Å². The van der Waals surface area contributed by atoms with Gasteiger partial charge in [0.2, 0.25) is 0 Å². The molecule has 2 rings (SSSR count). The summed E-state index contributed by atoms with van der Waals surface area (Å²) in [6.45, 7) is 2.00. The van der Waals surface area contributed by atoms with Crippen LogP contribution < -0.4 is 5.32 Å². The van der Waals surface area contributed by atoms with E-state index < -0.39 is 11.5 Å². The zero-order chi connectivity index (χ0) is 13.9. The lowest BCUT2D eigenvalue weighted by Crippen LogP contribution is -2.50. The van der Waals surface area contributed by atoms with E-state index in [2.05, 4.69) is 5.32 Å². The van der Waals surface area contributed by atoms with Gasteiger partial charge in [0.05, 0.1) is 6.10 Å². The van der Waals surface area contributed by atoms with Crippen LogP contribution in [0.5, 0.6) is 0 Å². The molecule has 0 saturated heterocycles. The number of ether oxygens (including phenoxy) is 1. The summed E-state index contributed by atoms with van der Waals surface area (Å²) in [7, 11) is 1.69. The van der Waals surface area contributed by atoms with Crippen molar-refractivity contribution in [1.29, 1.82) is 0 Å². The Kier molecular flexibility index (Phi) is 4.10. The second-order valence-corrected chi connectivity index (χ2v) is 5.32. The van der Waals surface area contributed by atoms with E-state index in [9.17, 15) is 9.90 Å². The highest BCUT2D eigenvalue weighted by Crippen LogP contribution is 2.33. The molecule has 4 heteroatoms. The standard InChI is InChI=1S/C15H21NO3/c1-11-4-3-5-12(10-11)16-15(14(17)18)8-6-13(19-2)7-9-15/h3-5,10,13,16H,6-9H2,1-2H3,(H,17,18). The second kappa shape index (κ2) is 5.61. The maximum atomic E-state index is 11.7. The van der Waals surface area contributed by atoms with E-state index in [1.54, 1.807) is 7.11 Å². The van der Waals surface area contributed by atoms with Gasteiger partial charge in [0, 0.05) is 12.8 Å². The summed E-state index contributed by atoms with van der Waals surface area (Å²) in [5.41, 5.74) is 1.14. The van der Waals surface area contributed by atoms with Crippen LogP contribution in [-0.2, 0) is 9.53 Å². The van der Waals surface area contributed by atoms with Gasteiger partial charge in [-0.2, -0.15) is 0 Å². The number of nitrogens with one attached hydrogen (secondary N) is 1. The summed E-state index contributed by atoms with van der Waals surface area (Å²) < 4.78 is 5.31. The van der Waals surface area contributed by atoms with Crippen molar-refractivity contribution in [2.45, 2.75) is 44.2 Å². The van der Waals surface area contributed by atoms with Crippen molar-refractivity contribution in [2.75, 3.05) is 12.4 Å². The molecule has 0 bridgehead atoms. The van der Waals surface area contributed by atoms with Crippen molar-refractivity contribution in [3.63, 3.8) is 0 Å². The highest BCUT2D eigenvalue weighted by molar-refractivity contribution is 5.83. The van der Waals surface area contributed by atoms with Crippen LogP contribution in [0.2, 0.25) is 0 Å². The minimum absolute atomic E-state index is 0.187. The third kappa shape index (κ3) is 3.07. The Bertz CT molecular complexity index is 450. The number of carbonyl (C=O) groups is 1. The van der Waals surface area contributed by atoms with Gasteiger partial charge in [-0.3, -0.25) is 0 Å². The van der Waals surface area contributed by atoms with Crippen molar-refractivity contribution in [3.8, 4) is 0 Å². The van der Waals surface area contributed by atoms with Gasteiger partial charge in [0.1, 0.15) is 5.54 Å². The van der Waals surface area contributed by atoms with Crippen molar-refractivity contribution in [3.05, 3.63) is 29.8 Å².